The number of nitrogens with two attached hydrogens (primary N) is 1. The number of anilines is 2. The van der Waals surface area contributed by atoms with Gasteiger partial charge < -0.3 is 11.1 Å². The summed E-state index contributed by atoms with van der Waals surface area (Å²) in [5.74, 6) is 2.63. The van der Waals surface area contributed by atoms with E-state index in [9.17, 15) is 0 Å². The number of hydrogen-bond acceptors (Lipinski definition) is 3. The summed E-state index contributed by atoms with van der Waals surface area (Å²) in [6.45, 7) is 9.78. The molecule has 1 aliphatic carbocycles. The highest BCUT2D eigenvalue weighted by Gasteiger charge is 2.25. The van der Waals surface area contributed by atoms with Gasteiger partial charge in [0.2, 0.25) is 0 Å². The van der Waals surface area contributed by atoms with E-state index in [0.29, 0.717) is 6.04 Å². The third kappa shape index (κ3) is 3.23. The summed E-state index contributed by atoms with van der Waals surface area (Å²) >= 11 is 0. The van der Waals surface area contributed by atoms with E-state index < -0.39 is 0 Å². The van der Waals surface area contributed by atoms with Crippen LogP contribution in [0, 0.1) is 18.8 Å². The van der Waals surface area contributed by atoms with Gasteiger partial charge in [-0.25, -0.2) is 4.68 Å². The molecular weight excluding hydrogens is 236 g/mol. The van der Waals surface area contributed by atoms with E-state index in [4.69, 9.17) is 5.73 Å². The summed E-state index contributed by atoms with van der Waals surface area (Å²) in [5.41, 5.74) is 7.93. The van der Waals surface area contributed by atoms with Crippen LogP contribution in [-0.4, -0.2) is 15.8 Å². The summed E-state index contributed by atoms with van der Waals surface area (Å²) in [4.78, 5) is 0. The van der Waals surface area contributed by atoms with Crippen molar-refractivity contribution in [2.45, 2.75) is 66.0 Å². The molecule has 0 amide bonds. The number of nitrogen functional groups attached to an aromatic ring is 1. The number of aromatic nitrogens is 2. The zero-order valence-corrected chi connectivity index (χ0v) is 12.7. The van der Waals surface area contributed by atoms with Gasteiger partial charge in [-0.05, 0) is 44.4 Å². The van der Waals surface area contributed by atoms with Crippen molar-refractivity contribution in [3.63, 3.8) is 0 Å². The van der Waals surface area contributed by atoms with Crippen LogP contribution in [0.15, 0.2) is 0 Å². The number of nitrogens with one attached hydrogen (secondary N) is 1. The van der Waals surface area contributed by atoms with E-state index in [1.807, 2.05) is 11.6 Å². The summed E-state index contributed by atoms with van der Waals surface area (Å²) < 4.78 is 2.04. The molecule has 19 heavy (non-hydrogen) atoms. The Bertz CT molecular complexity index is 414. The lowest BCUT2D eigenvalue weighted by atomic mass is 9.80. The van der Waals surface area contributed by atoms with Crippen LogP contribution in [0.2, 0.25) is 0 Å². The fourth-order valence-electron chi connectivity index (χ4n) is 3.38. The van der Waals surface area contributed by atoms with Crippen LogP contribution >= 0.6 is 0 Å². The first kappa shape index (κ1) is 14.2. The average Bonchev–Trinajstić information content (AvgIpc) is 2.56. The van der Waals surface area contributed by atoms with Crippen LogP contribution in [0.5, 0.6) is 0 Å². The predicted molar refractivity (Wildman–Crippen MR) is 81.3 cm³/mol. The molecule has 1 aromatic heterocycles. The smallest absolute Gasteiger partial charge is 0.148 e. The Morgan fingerprint density at radius 3 is 2.47 bits per heavy atom. The topological polar surface area (TPSA) is 55.9 Å². The highest BCUT2D eigenvalue weighted by atomic mass is 15.3. The predicted octanol–water partition coefficient (Wildman–Crippen LogP) is 3.42. The standard InChI is InChI=1S/C15H28N4/c1-5-6-19-15(14(16)12(4)18-19)17-13-8-10(2)7-11(3)9-13/h10-11,13,17H,5-9,16H2,1-4H3. The molecule has 0 aliphatic heterocycles. The van der Waals surface area contributed by atoms with Gasteiger partial charge in [0.1, 0.15) is 5.82 Å². The van der Waals surface area contributed by atoms with Gasteiger partial charge >= 0.3 is 0 Å². The van der Waals surface area contributed by atoms with E-state index in [2.05, 4.69) is 31.2 Å². The molecule has 1 saturated carbocycles. The molecule has 0 radical (unpaired) electrons. The van der Waals surface area contributed by atoms with E-state index in [0.717, 1.165) is 42.0 Å². The van der Waals surface area contributed by atoms with Crippen LogP contribution in [0.4, 0.5) is 11.5 Å². The molecular formula is C15H28N4. The fraction of sp³-hybridized carbons (Fsp3) is 0.800. The van der Waals surface area contributed by atoms with Gasteiger partial charge in [-0.2, -0.15) is 5.10 Å². The van der Waals surface area contributed by atoms with Gasteiger partial charge in [-0.1, -0.05) is 20.8 Å². The maximum Gasteiger partial charge on any atom is 0.148 e. The van der Waals surface area contributed by atoms with Crippen molar-refractivity contribution in [1.82, 2.24) is 9.78 Å². The van der Waals surface area contributed by atoms with Gasteiger partial charge in [0.15, 0.2) is 0 Å². The quantitative estimate of drug-likeness (QED) is 0.876. The average molecular weight is 264 g/mol. The Morgan fingerprint density at radius 2 is 1.89 bits per heavy atom. The van der Waals surface area contributed by atoms with E-state index in [1.54, 1.807) is 0 Å². The maximum atomic E-state index is 6.17. The molecule has 1 aromatic rings. The number of aryl methyl sites for hydroxylation is 2. The lowest BCUT2D eigenvalue weighted by Crippen LogP contribution is -2.31. The first-order chi connectivity index (χ1) is 9.01. The second-order valence-electron chi connectivity index (χ2n) is 6.33. The SMILES string of the molecule is CCCn1nc(C)c(N)c1NC1CC(C)CC(C)C1. The number of nitrogens with zero attached hydrogens (tertiary/aromatic N) is 2. The first-order valence-electron chi connectivity index (χ1n) is 7.60. The van der Waals surface area contributed by atoms with Gasteiger partial charge in [0, 0.05) is 12.6 Å². The lowest BCUT2D eigenvalue weighted by molar-refractivity contribution is 0.280. The molecule has 4 heteroatoms. The lowest BCUT2D eigenvalue weighted by Gasteiger charge is -2.32. The van der Waals surface area contributed by atoms with Crippen LogP contribution in [0.1, 0.15) is 52.1 Å². The monoisotopic (exact) mass is 264 g/mol. The highest BCUT2D eigenvalue weighted by Crippen LogP contribution is 2.32. The molecule has 0 bridgehead atoms. The third-order valence-electron chi connectivity index (χ3n) is 4.13. The van der Waals surface area contributed by atoms with Crippen molar-refractivity contribution in [2.24, 2.45) is 11.8 Å². The molecule has 2 unspecified atom stereocenters. The Balaban J connectivity index is 2.13. The minimum atomic E-state index is 0.535. The minimum Gasteiger partial charge on any atom is -0.394 e. The Labute approximate surface area is 116 Å². The van der Waals surface area contributed by atoms with Crippen molar-refractivity contribution in [3.8, 4) is 0 Å². The van der Waals surface area contributed by atoms with Crippen LogP contribution in [0.25, 0.3) is 0 Å². The van der Waals surface area contributed by atoms with Gasteiger partial charge in [0.25, 0.3) is 0 Å². The highest BCUT2D eigenvalue weighted by molar-refractivity contribution is 5.65. The van der Waals surface area contributed by atoms with Crippen LogP contribution in [0.3, 0.4) is 0 Å². The summed E-state index contributed by atoms with van der Waals surface area (Å²) in [6, 6.07) is 0.535. The van der Waals surface area contributed by atoms with Crippen molar-refractivity contribution in [3.05, 3.63) is 5.69 Å². The second-order valence-corrected chi connectivity index (χ2v) is 6.33. The van der Waals surface area contributed by atoms with Crippen LogP contribution in [-0.2, 0) is 6.54 Å². The van der Waals surface area contributed by atoms with Gasteiger partial charge in [-0.15, -0.1) is 0 Å². The summed E-state index contributed by atoms with van der Waals surface area (Å²) in [5, 5.41) is 8.19. The Kier molecular flexibility index (Phi) is 4.38. The van der Waals surface area contributed by atoms with E-state index in [1.165, 1.54) is 19.3 Å². The maximum absolute atomic E-state index is 6.17. The summed E-state index contributed by atoms with van der Waals surface area (Å²) in [7, 11) is 0. The van der Waals surface area contributed by atoms with E-state index in [-0.39, 0.29) is 0 Å². The zero-order chi connectivity index (χ0) is 14.0. The molecule has 1 fully saturated rings. The molecule has 2 rings (SSSR count). The van der Waals surface area contributed by atoms with Crippen molar-refractivity contribution in [2.75, 3.05) is 11.1 Å². The zero-order valence-electron chi connectivity index (χ0n) is 12.7. The molecule has 0 spiro atoms. The molecule has 108 valence electrons. The molecule has 0 saturated heterocycles. The Morgan fingerprint density at radius 1 is 1.26 bits per heavy atom. The first-order valence-corrected chi connectivity index (χ1v) is 7.60. The number of hydrogen-bond donors (Lipinski definition) is 2. The normalized spacial score (nSPS) is 27.5. The Hall–Kier alpha value is -1.19. The second kappa shape index (κ2) is 5.85. The summed E-state index contributed by atoms with van der Waals surface area (Å²) in [6.07, 6.45) is 4.90. The molecule has 4 nitrogen and oxygen atoms in total. The molecule has 0 aromatic carbocycles. The molecule has 1 heterocycles. The van der Waals surface area contributed by atoms with Gasteiger partial charge in [0.05, 0.1) is 11.4 Å². The van der Waals surface area contributed by atoms with Gasteiger partial charge in [-0.3, -0.25) is 0 Å². The van der Waals surface area contributed by atoms with Crippen molar-refractivity contribution >= 4 is 11.5 Å². The van der Waals surface area contributed by atoms with E-state index >= 15 is 0 Å². The largest absolute Gasteiger partial charge is 0.394 e. The molecule has 2 atom stereocenters. The third-order valence-corrected chi connectivity index (χ3v) is 4.13. The molecule has 1 aliphatic rings. The molecule has 3 N–H and O–H groups in total. The van der Waals surface area contributed by atoms with Crippen LogP contribution < -0.4 is 11.1 Å². The van der Waals surface area contributed by atoms with Crippen molar-refractivity contribution in [1.29, 1.82) is 0 Å². The minimum absolute atomic E-state index is 0.535. The van der Waals surface area contributed by atoms with Crippen molar-refractivity contribution < 1.29 is 0 Å². The number of rotatable bonds is 4. The fourth-order valence-corrected chi connectivity index (χ4v) is 3.38.